The van der Waals surface area contributed by atoms with Crippen LogP contribution in [0.25, 0.3) is 0 Å². The van der Waals surface area contributed by atoms with Gasteiger partial charge in [-0.25, -0.2) is 4.63 Å². The molecule has 0 saturated carbocycles. The second kappa shape index (κ2) is 4.93. The molecule has 0 amide bonds. The molecule has 2 N–H and O–H groups in total. The van der Waals surface area contributed by atoms with E-state index in [1.807, 2.05) is 6.92 Å². The molecule has 1 aliphatic heterocycles. The molecule has 2 heterocycles. The van der Waals surface area contributed by atoms with Crippen molar-refractivity contribution >= 4 is 0 Å². The number of hydrogen-bond acceptors (Lipinski definition) is 5. The SMILES string of the molecule is Cc1nonc1CN1CCC(C)C(CN)C1. The second-order valence-corrected chi connectivity index (χ2v) is 4.79. The molecule has 5 heteroatoms. The van der Waals surface area contributed by atoms with Gasteiger partial charge in [0.15, 0.2) is 0 Å². The lowest BCUT2D eigenvalue weighted by atomic mass is 9.87. The summed E-state index contributed by atoms with van der Waals surface area (Å²) in [5.41, 5.74) is 7.63. The van der Waals surface area contributed by atoms with Crippen LogP contribution >= 0.6 is 0 Å². The fraction of sp³-hybridized carbons (Fsp3) is 0.818. The fourth-order valence-corrected chi connectivity index (χ4v) is 2.28. The molecule has 0 radical (unpaired) electrons. The highest BCUT2D eigenvalue weighted by molar-refractivity contribution is 5.04. The van der Waals surface area contributed by atoms with Crippen molar-refractivity contribution in [2.24, 2.45) is 17.6 Å². The van der Waals surface area contributed by atoms with Crippen molar-refractivity contribution in [1.29, 1.82) is 0 Å². The minimum Gasteiger partial charge on any atom is -0.330 e. The Morgan fingerprint density at radius 2 is 2.31 bits per heavy atom. The number of piperidine rings is 1. The normalized spacial score (nSPS) is 27.2. The molecule has 16 heavy (non-hydrogen) atoms. The quantitative estimate of drug-likeness (QED) is 0.822. The van der Waals surface area contributed by atoms with E-state index < -0.39 is 0 Å². The van der Waals surface area contributed by atoms with E-state index in [4.69, 9.17) is 10.4 Å². The third-order valence-electron chi connectivity index (χ3n) is 3.62. The van der Waals surface area contributed by atoms with Crippen LogP contribution in [0.5, 0.6) is 0 Å². The van der Waals surface area contributed by atoms with E-state index in [0.29, 0.717) is 5.92 Å². The van der Waals surface area contributed by atoms with Gasteiger partial charge in [0.1, 0.15) is 11.4 Å². The van der Waals surface area contributed by atoms with E-state index in [2.05, 4.69) is 22.1 Å². The van der Waals surface area contributed by atoms with Crippen molar-refractivity contribution in [3.8, 4) is 0 Å². The first kappa shape index (κ1) is 11.5. The van der Waals surface area contributed by atoms with Gasteiger partial charge >= 0.3 is 0 Å². The Kier molecular flexibility index (Phi) is 3.56. The summed E-state index contributed by atoms with van der Waals surface area (Å²) >= 11 is 0. The first-order chi connectivity index (χ1) is 7.70. The lowest BCUT2D eigenvalue weighted by Crippen LogP contribution is -2.42. The Bertz CT molecular complexity index is 338. The fourth-order valence-electron chi connectivity index (χ4n) is 2.28. The largest absolute Gasteiger partial charge is 0.330 e. The van der Waals surface area contributed by atoms with Crippen molar-refractivity contribution < 1.29 is 4.63 Å². The maximum Gasteiger partial charge on any atom is 0.122 e. The zero-order valence-corrected chi connectivity index (χ0v) is 10.0. The van der Waals surface area contributed by atoms with E-state index in [-0.39, 0.29) is 0 Å². The topological polar surface area (TPSA) is 68.2 Å². The van der Waals surface area contributed by atoms with Gasteiger partial charge in [-0.3, -0.25) is 4.90 Å². The minimum absolute atomic E-state index is 0.605. The van der Waals surface area contributed by atoms with E-state index in [9.17, 15) is 0 Å². The van der Waals surface area contributed by atoms with Gasteiger partial charge in [-0.1, -0.05) is 17.2 Å². The zero-order chi connectivity index (χ0) is 11.5. The van der Waals surface area contributed by atoms with Crippen molar-refractivity contribution in [3.05, 3.63) is 11.4 Å². The van der Waals surface area contributed by atoms with Crippen LogP contribution in [0.15, 0.2) is 4.63 Å². The van der Waals surface area contributed by atoms with Crippen molar-refractivity contribution in [2.75, 3.05) is 19.6 Å². The van der Waals surface area contributed by atoms with Crippen LogP contribution in [0.3, 0.4) is 0 Å². The Labute approximate surface area is 95.9 Å². The molecule has 5 nitrogen and oxygen atoms in total. The minimum atomic E-state index is 0.605. The molecular formula is C11H20N4O. The molecule has 1 aliphatic rings. The maximum absolute atomic E-state index is 5.79. The summed E-state index contributed by atoms with van der Waals surface area (Å²) in [7, 11) is 0. The number of aryl methyl sites for hydroxylation is 1. The molecule has 1 saturated heterocycles. The Hall–Kier alpha value is -0.940. The number of nitrogens with zero attached hydrogens (tertiary/aromatic N) is 3. The molecule has 90 valence electrons. The van der Waals surface area contributed by atoms with Gasteiger partial charge in [0, 0.05) is 13.1 Å². The highest BCUT2D eigenvalue weighted by atomic mass is 16.6. The molecule has 0 spiro atoms. The average Bonchev–Trinajstić information content (AvgIpc) is 2.67. The summed E-state index contributed by atoms with van der Waals surface area (Å²) in [5, 5.41) is 7.72. The Morgan fingerprint density at radius 1 is 1.50 bits per heavy atom. The van der Waals surface area contributed by atoms with Crippen molar-refractivity contribution in [3.63, 3.8) is 0 Å². The predicted molar refractivity (Wildman–Crippen MR) is 60.6 cm³/mol. The average molecular weight is 224 g/mol. The third kappa shape index (κ3) is 2.41. The van der Waals surface area contributed by atoms with Gasteiger partial charge in [-0.05, 0) is 38.3 Å². The molecule has 1 aromatic rings. The first-order valence-corrected chi connectivity index (χ1v) is 5.91. The standard InChI is InChI=1S/C11H20N4O/c1-8-3-4-15(6-10(8)5-12)7-11-9(2)13-16-14-11/h8,10H,3-7,12H2,1-2H3. The van der Waals surface area contributed by atoms with Crippen LogP contribution in [0, 0.1) is 18.8 Å². The summed E-state index contributed by atoms with van der Waals surface area (Å²) in [4.78, 5) is 2.39. The van der Waals surface area contributed by atoms with Crippen LogP contribution in [0.4, 0.5) is 0 Å². The molecule has 1 aromatic heterocycles. The van der Waals surface area contributed by atoms with Crippen LogP contribution in [-0.2, 0) is 6.54 Å². The summed E-state index contributed by atoms with van der Waals surface area (Å²) in [6.45, 7) is 8.00. The zero-order valence-electron chi connectivity index (χ0n) is 10.0. The third-order valence-corrected chi connectivity index (χ3v) is 3.62. The van der Waals surface area contributed by atoms with Crippen LogP contribution in [-0.4, -0.2) is 34.8 Å². The molecule has 0 bridgehead atoms. The van der Waals surface area contributed by atoms with Gasteiger partial charge in [0.05, 0.1) is 0 Å². The summed E-state index contributed by atoms with van der Waals surface area (Å²) in [5.74, 6) is 1.34. The van der Waals surface area contributed by atoms with E-state index in [0.717, 1.165) is 43.5 Å². The summed E-state index contributed by atoms with van der Waals surface area (Å²) in [6.07, 6.45) is 1.21. The van der Waals surface area contributed by atoms with Gasteiger partial charge in [0.25, 0.3) is 0 Å². The number of likely N-dealkylation sites (tertiary alicyclic amines) is 1. The summed E-state index contributed by atoms with van der Waals surface area (Å²) in [6, 6.07) is 0. The van der Waals surface area contributed by atoms with Crippen LogP contribution in [0.2, 0.25) is 0 Å². The number of rotatable bonds is 3. The number of hydrogen-bond donors (Lipinski definition) is 1. The van der Waals surface area contributed by atoms with Gasteiger partial charge in [0.2, 0.25) is 0 Å². The van der Waals surface area contributed by atoms with Crippen LogP contribution in [0.1, 0.15) is 24.7 Å². The van der Waals surface area contributed by atoms with Crippen molar-refractivity contribution in [2.45, 2.75) is 26.8 Å². The first-order valence-electron chi connectivity index (χ1n) is 5.91. The highest BCUT2D eigenvalue weighted by Crippen LogP contribution is 2.23. The lowest BCUT2D eigenvalue weighted by Gasteiger charge is -2.36. The van der Waals surface area contributed by atoms with Crippen LogP contribution < -0.4 is 5.73 Å². The number of nitrogens with two attached hydrogens (primary N) is 1. The Balaban J connectivity index is 1.94. The smallest absolute Gasteiger partial charge is 0.122 e. The molecular weight excluding hydrogens is 204 g/mol. The summed E-state index contributed by atoms with van der Waals surface area (Å²) < 4.78 is 4.71. The second-order valence-electron chi connectivity index (χ2n) is 4.79. The van der Waals surface area contributed by atoms with E-state index in [1.165, 1.54) is 6.42 Å². The molecule has 1 fully saturated rings. The van der Waals surface area contributed by atoms with Gasteiger partial charge < -0.3 is 5.73 Å². The Morgan fingerprint density at radius 3 is 2.94 bits per heavy atom. The predicted octanol–water partition coefficient (Wildman–Crippen LogP) is 0.795. The van der Waals surface area contributed by atoms with Gasteiger partial charge in [-0.15, -0.1) is 0 Å². The van der Waals surface area contributed by atoms with E-state index >= 15 is 0 Å². The van der Waals surface area contributed by atoms with Crippen molar-refractivity contribution in [1.82, 2.24) is 15.2 Å². The number of aromatic nitrogens is 2. The highest BCUT2D eigenvalue weighted by Gasteiger charge is 2.25. The molecule has 0 aliphatic carbocycles. The molecule has 2 rings (SSSR count). The molecule has 0 aromatic carbocycles. The lowest BCUT2D eigenvalue weighted by molar-refractivity contribution is 0.123. The molecule has 2 unspecified atom stereocenters. The molecule has 2 atom stereocenters. The van der Waals surface area contributed by atoms with Gasteiger partial charge in [-0.2, -0.15) is 0 Å². The monoisotopic (exact) mass is 224 g/mol. The maximum atomic E-state index is 5.79. The van der Waals surface area contributed by atoms with E-state index in [1.54, 1.807) is 0 Å².